The maximum atomic E-state index is 12.2. The predicted molar refractivity (Wildman–Crippen MR) is 110 cm³/mol. The molecule has 0 saturated heterocycles. The summed E-state index contributed by atoms with van der Waals surface area (Å²) in [6, 6.07) is 19.6. The lowest BCUT2D eigenvalue weighted by Gasteiger charge is -2.18. The summed E-state index contributed by atoms with van der Waals surface area (Å²) in [5.74, 6) is 1.21. The van der Waals surface area contributed by atoms with Crippen LogP contribution in [-0.4, -0.2) is 31.4 Å². The molecule has 4 rings (SSSR count). The van der Waals surface area contributed by atoms with E-state index in [0.29, 0.717) is 24.7 Å². The summed E-state index contributed by atoms with van der Waals surface area (Å²) in [5.41, 5.74) is 5.07. The number of hydrogen-bond donors (Lipinski definition) is 2. The first-order valence-corrected chi connectivity index (χ1v) is 9.15. The van der Waals surface area contributed by atoms with E-state index in [1.54, 1.807) is 0 Å². The number of anilines is 1. The number of fused-ring (bicyclic) bond motifs is 2. The minimum absolute atomic E-state index is 0.131. The minimum Gasteiger partial charge on any atom is -0.486 e. The minimum atomic E-state index is -0.218. The molecule has 0 atom stereocenters. The second-order valence-corrected chi connectivity index (χ2v) is 6.47. The molecule has 6 nitrogen and oxygen atoms in total. The van der Waals surface area contributed by atoms with Crippen molar-refractivity contribution >= 4 is 28.1 Å². The fraction of sp³-hybridized carbons (Fsp3) is 0.182. The van der Waals surface area contributed by atoms with Crippen LogP contribution in [0.3, 0.4) is 0 Å². The van der Waals surface area contributed by atoms with Crippen LogP contribution < -0.4 is 20.2 Å². The number of carbonyl (C=O) groups excluding carboxylic acids is 1. The van der Waals surface area contributed by atoms with Crippen LogP contribution in [0.5, 0.6) is 11.5 Å². The third kappa shape index (κ3) is 3.91. The monoisotopic (exact) mass is 375 g/mol. The van der Waals surface area contributed by atoms with Gasteiger partial charge in [0, 0.05) is 16.6 Å². The van der Waals surface area contributed by atoms with Crippen LogP contribution in [0.15, 0.2) is 65.8 Å². The third-order valence-electron chi connectivity index (χ3n) is 4.54. The summed E-state index contributed by atoms with van der Waals surface area (Å²) in [6.45, 7) is 3.05. The molecule has 0 saturated carbocycles. The van der Waals surface area contributed by atoms with E-state index in [-0.39, 0.29) is 12.5 Å². The Labute approximate surface area is 163 Å². The molecule has 2 N–H and O–H groups in total. The van der Waals surface area contributed by atoms with E-state index in [0.717, 1.165) is 27.8 Å². The second-order valence-electron chi connectivity index (χ2n) is 6.47. The maximum Gasteiger partial charge on any atom is 0.259 e. The van der Waals surface area contributed by atoms with Gasteiger partial charge in [-0.25, -0.2) is 5.43 Å². The zero-order valence-electron chi connectivity index (χ0n) is 15.6. The van der Waals surface area contributed by atoms with Gasteiger partial charge < -0.3 is 14.8 Å². The second kappa shape index (κ2) is 8.00. The fourth-order valence-electron chi connectivity index (χ4n) is 3.07. The smallest absolute Gasteiger partial charge is 0.259 e. The molecule has 1 heterocycles. The third-order valence-corrected chi connectivity index (χ3v) is 4.54. The molecule has 0 bridgehead atoms. The number of ether oxygens (including phenoxy) is 2. The number of nitrogens with one attached hydrogen (secondary N) is 2. The van der Waals surface area contributed by atoms with Gasteiger partial charge in [0.1, 0.15) is 13.2 Å². The summed E-state index contributed by atoms with van der Waals surface area (Å²) in [5, 5.41) is 9.58. The van der Waals surface area contributed by atoms with E-state index in [9.17, 15) is 4.79 Å². The Kier molecular flexibility index (Phi) is 5.10. The SMILES string of the molecule is C/C(=N/NC(=O)CNc1cccc2ccccc12)c1ccc2c(c1)OCCO2. The van der Waals surface area contributed by atoms with Crippen LogP contribution in [-0.2, 0) is 4.79 Å². The highest BCUT2D eigenvalue weighted by Gasteiger charge is 2.12. The van der Waals surface area contributed by atoms with E-state index in [1.807, 2.05) is 67.6 Å². The van der Waals surface area contributed by atoms with Crippen LogP contribution in [0.2, 0.25) is 0 Å². The first-order chi connectivity index (χ1) is 13.7. The Bertz CT molecular complexity index is 1040. The molecular formula is C22H21N3O3. The quantitative estimate of drug-likeness (QED) is 0.528. The average Bonchev–Trinajstić information content (AvgIpc) is 2.75. The van der Waals surface area contributed by atoms with Gasteiger partial charge in [0.05, 0.1) is 12.3 Å². The maximum absolute atomic E-state index is 12.2. The lowest BCUT2D eigenvalue weighted by molar-refractivity contribution is -0.119. The summed E-state index contributed by atoms with van der Waals surface area (Å²) < 4.78 is 11.1. The molecule has 0 aliphatic carbocycles. The standard InChI is InChI=1S/C22H21N3O3/c1-15(17-9-10-20-21(13-17)28-12-11-27-20)24-25-22(26)14-23-19-8-4-6-16-5-2-3-7-18(16)19/h2-10,13,23H,11-12,14H2,1H3,(H,25,26)/b24-15-. The lowest BCUT2D eigenvalue weighted by Crippen LogP contribution is -2.26. The molecule has 142 valence electrons. The van der Waals surface area contributed by atoms with Crippen LogP contribution >= 0.6 is 0 Å². The average molecular weight is 375 g/mol. The van der Waals surface area contributed by atoms with Crippen molar-refractivity contribution in [1.82, 2.24) is 5.43 Å². The largest absolute Gasteiger partial charge is 0.486 e. The Morgan fingerprint density at radius 2 is 1.79 bits per heavy atom. The van der Waals surface area contributed by atoms with Crippen molar-refractivity contribution in [3.05, 3.63) is 66.2 Å². The zero-order valence-corrected chi connectivity index (χ0v) is 15.6. The molecule has 0 fully saturated rings. The highest BCUT2D eigenvalue weighted by atomic mass is 16.6. The molecule has 1 aliphatic rings. The van der Waals surface area contributed by atoms with Gasteiger partial charge in [0.25, 0.3) is 5.91 Å². The van der Waals surface area contributed by atoms with Crippen molar-refractivity contribution < 1.29 is 14.3 Å². The number of amides is 1. The number of rotatable bonds is 5. The summed E-state index contributed by atoms with van der Waals surface area (Å²) >= 11 is 0. The van der Waals surface area contributed by atoms with Gasteiger partial charge >= 0.3 is 0 Å². The topological polar surface area (TPSA) is 72.0 Å². The molecule has 0 spiro atoms. The van der Waals surface area contributed by atoms with Crippen LogP contribution in [0.4, 0.5) is 5.69 Å². The molecule has 3 aromatic rings. The summed E-state index contributed by atoms with van der Waals surface area (Å²) in [4.78, 5) is 12.2. The van der Waals surface area contributed by atoms with Gasteiger partial charge in [-0.2, -0.15) is 5.10 Å². The van der Waals surface area contributed by atoms with E-state index < -0.39 is 0 Å². The van der Waals surface area contributed by atoms with E-state index in [2.05, 4.69) is 15.8 Å². The van der Waals surface area contributed by atoms with Gasteiger partial charge in [-0.15, -0.1) is 0 Å². The Morgan fingerprint density at radius 1 is 1.00 bits per heavy atom. The lowest BCUT2D eigenvalue weighted by atomic mass is 10.1. The molecule has 0 radical (unpaired) electrons. The van der Waals surface area contributed by atoms with Crippen LogP contribution in [0.1, 0.15) is 12.5 Å². The zero-order chi connectivity index (χ0) is 19.3. The molecule has 28 heavy (non-hydrogen) atoms. The highest BCUT2D eigenvalue weighted by Crippen LogP contribution is 2.30. The molecule has 3 aromatic carbocycles. The Hall–Kier alpha value is -3.54. The van der Waals surface area contributed by atoms with Gasteiger partial charge in [-0.1, -0.05) is 36.4 Å². The van der Waals surface area contributed by atoms with Gasteiger partial charge in [-0.3, -0.25) is 4.79 Å². The van der Waals surface area contributed by atoms with E-state index in [4.69, 9.17) is 9.47 Å². The number of carbonyl (C=O) groups is 1. The van der Waals surface area contributed by atoms with Gasteiger partial charge in [0.15, 0.2) is 11.5 Å². The number of hydrogen-bond acceptors (Lipinski definition) is 5. The van der Waals surface area contributed by atoms with Crippen LogP contribution in [0.25, 0.3) is 10.8 Å². The van der Waals surface area contributed by atoms with E-state index in [1.165, 1.54) is 0 Å². The van der Waals surface area contributed by atoms with Gasteiger partial charge in [-0.05, 0) is 36.6 Å². The molecule has 1 aliphatic heterocycles. The number of benzene rings is 3. The van der Waals surface area contributed by atoms with Crippen molar-refractivity contribution in [2.45, 2.75) is 6.92 Å². The first-order valence-electron chi connectivity index (χ1n) is 9.15. The van der Waals surface area contributed by atoms with E-state index >= 15 is 0 Å². The summed E-state index contributed by atoms with van der Waals surface area (Å²) in [6.07, 6.45) is 0. The first kappa shape index (κ1) is 17.9. The van der Waals surface area contributed by atoms with Crippen molar-refractivity contribution in [3.63, 3.8) is 0 Å². The predicted octanol–water partition coefficient (Wildman–Crippen LogP) is 3.56. The highest BCUT2D eigenvalue weighted by molar-refractivity contribution is 6.00. The van der Waals surface area contributed by atoms with Gasteiger partial charge in [0.2, 0.25) is 0 Å². The summed E-state index contributed by atoms with van der Waals surface area (Å²) in [7, 11) is 0. The van der Waals surface area contributed by atoms with Crippen LogP contribution in [0, 0.1) is 0 Å². The van der Waals surface area contributed by atoms with Crippen molar-refractivity contribution in [1.29, 1.82) is 0 Å². The number of hydrazone groups is 1. The van der Waals surface area contributed by atoms with Crippen molar-refractivity contribution in [2.75, 3.05) is 25.1 Å². The molecule has 0 aromatic heterocycles. The Balaban J connectivity index is 1.38. The van der Waals surface area contributed by atoms with Crippen molar-refractivity contribution in [3.8, 4) is 11.5 Å². The molecule has 0 unspecified atom stereocenters. The normalized spacial score (nSPS) is 13.2. The molecule has 6 heteroatoms. The van der Waals surface area contributed by atoms with Crippen molar-refractivity contribution in [2.24, 2.45) is 5.10 Å². The molecular weight excluding hydrogens is 354 g/mol. The fourth-order valence-corrected chi connectivity index (χ4v) is 3.07. The Morgan fingerprint density at radius 3 is 2.68 bits per heavy atom. The molecule has 1 amide bonds. The number of nitrogens with zero attached hydrogens (tertiary/aromatic N) is 1.